The Bertz CT molecular complexity index is 618. The predicted molar refractivity (Wildman–Crippen MR) is 100 cm³/mol. The summed E-state index contributed by atoms with van der Waals surface area (Å²) in [5.41, 5.74) is 1.18. The van der Waals surface area contributed by atoms with Crippen LogP contribution < -0.4 is 10.6 Å². The van der Waals surface area contributed by atoms with Gasteiger partial charge in [0.15, 0.2) is 0 Å². The summed E-state index contributed by atoms with van der Waals surface area (Å²) in [5, 5.41) is 5.65. The van der Waals surface area contributed by atoms with Crippen LogP contribution in [0.5, 0.6) is 0 Å². The number of amides is 3. The Balaban J connectivity index is 1.70. The van der Waals surface area contributed by atoms with E-state index in [1.165, 1.54) is 5.56 Å². The average Bonchev–Trinajstić information content (AvgIpc) is 3.01. The number of rotatable bonds is 9. The maximum atomic E-state index is 12.2. The molecule has 0 bridgehead atoms. The van der Waals surface area contributed by atoms with Crippen LogP contribution in [0, 0.1) is 5.92 Å². The molecular weight excluding hydrogens is 330 g/mol. The van der Waals surface area contributed by atoms with Crippen molar-refractivity contribution in [1.82, 2.24) is 15.5 Å². The maximum Gasteiger partial charge on any atom is 0.225 e. The molecule has 1 aromatic carbocycles. The van der Waals surface area contributed by atoms with Gasteiger partial charge in [0.05, 0.1) is 5.92 Å². The molecule has 0 aromatic heterocycles. The van der Waals surface area contributed by atoms with Crippen molar-refractivity contribution in [3.05, 3.63) is 35.9 Å². The first-order valence-corrected chi connectivity index (χ1v) is 9.38. The van der Waals surface area contributed by atoms with E-state index in [1.54, 1.807) is 4.90 Å². The van der Waals surface area contributed by atoms with E-state index < -0.39 is 0 Å². The van der Waals surface area contributed by atoms with Crippen molar-refractivity contribution in [1.29, 1.82) is 0 Å². The van der Waals surface area contributed by atoms with Crippen LogP contribution in [-0.2, 0) is 20.8 Å². The second-order valence-corrected chi connectivity index (χ2v) is 6.89. The number of carbonyl (C=O) groups is 3. The van der Waals surface area contributed by atoms with Crippen LogP contribution in [0.1, 0.15) is 38.7 Å². The second-order valence-electron chi connectivity index (χ2n) is 6.89. The van der Waals surface area contributed by atoms with E-state index in [-0.39, 0.29) is 42.5 Å². The fourth-order valence-corrected chi connectivity index (χ4v) is 2.97. The minimum atomic E-state index is -0.323. The van der Waals surface area contributed by atoms with Crippen molar-refractivity contribution in [3.63, 3.8) is 0 Å². The lowest BCUT2D eigenvalue weighted by Crippen LogP contribution is -2.37. The molecule has 2 unspecified atom stereocenters. The zero-order valence-electron chi connectivity index (χ0n) is 15.7. The number of likely N-dealkylation sites (tertiary alicyclic amines) is 1. The Morgan fingerprint density at radius 2 is 2.00 bits per heavy atom. The minimum absolute atomic E-state index is 0.0237. The lowest BCUT2D eigenvalue weighted by molar-refractivity contribution is -0.129. The van der Waals surface area contributed by atoms with E-state index in [2.05, 4.69) is 10.6 Å². The van der Waals surface area contributed by atoms with Crippen LogP contribution in [0.2, 0.25) is 0 Å². The Hall–Kier alpha value is -2.37. The highest BCUT2D eigenvalue weighted by molar-refractivity contribution is 5.89. The number of hydrogen-bond donors (Lipinski definition) is 2. The summed E-state index contributed by atoms with van der Waals surface area (Å²) in [6, 6.07) is 10.1. The first-order valence-electron chi connectivity index (χ1n) is 9.38. The van der Waals surface area contributed by atoms with Gasteiger partial charge in [0.1, 0.15) is 0 Å². The normalized spacial score (nSPS) is 17.8. The van der Waals surface area contributed by atoms with Crippen molar-refractivity contribution >= 4 is 17.7 Å². The molecule has 1 fully saturated rings. The molecule has 2 atom stereocenters. The molecule has 6 heteroatoms. The van der Waals surface area contributed by atoms with E-state index in [0.717, 1.165) is 12.8 Å². The molecule has 2 N–H and O–H groups in total. The zero-order valence-corrected chi connectivity index (χ0v) is 15.7. The summed E-state index contributed by atoms with van der Waals surface area (Å²) < 4.78 is 0. The van der Waals surface area contributed by atoms with Crippen LogP contribution in [0.25, 0.3) is 0 Å². The van der Waals surface area contributed by atoms with Gasteiger partial charge in [0.2, 0.25) is 17.7 Å². The van der Waals surface area contributed by atoms with Gasteiger partial charge in [-0.3, -0.25) is 14.4 Å². The summed E-state index contributed by atoms with van der Waals surface area (Å²) in [5.74, 6) is -0.505. The van der Waals surface area contributed by atoms with Gasteiger partial charge in [-0.15, -0.1) is 0 Å². The zero-order chi connectivity index (χ0) is 18.9. The van der Waals surface area contributed by atoms with Crippen LogP contribution in [0.15, 0.2) is 30.3 Å². The molecule has 0 aliphatic carbocycles. The van der Waals surface area contributed by atoms with Gasteiger partial charge in [-0.05, 0) is 25.3 Å². The largest absolute Gasteiger partial charge is 0.355 e. The molecule has 1 aliphatic rings. The Kier molecular flexibility index (Phi) is 7.63. The molecule has 26 heavy (non-hydrogen) atoms. The molecule has 0 radical (unpaired) electrons. The van der Waals surface area contributed by atoms with E-state index in [0.29, 0.717) is 19.6 Å². The van der Waals surface area contributed by atoms with Crippen LogP contribution >= 0.6 is 0 Å². The summed E-state index contributed by atoms with van der Waals surface area (Å²) >= 11 is 0. The number of carbonyl (C=O) groups excluding carboxylic acids is 3. The third kappa shape index (κ3) is 6.17. The molecular formula is C20H29N3O3. The maximum absolute atomic E-state index is 12.2. The first kappa shape index (κ1) is 19.9. The molecule has 1 aromatic rings. The van der Waals surface area contributed by atoms with Gasteiger partial charge < -0.3 is 15.5 Å². The van der Waals surface area contributed by atoms with Crippen molar-refractivity contribution < 1.29 is 14.4 Å². The minimum Gasteiger partial charge on any atom is -0.355 e. The fourth-order valence-electron chi connectivity index (χ4n) is 2.97. The quantitative estimate of drug-likeness (QED) is 0.701. The van der Waals surface area contributed by atoms with Gasteiger partial charge in [-0.1, -0.05) is 37.3 Å². The van der Waals surface area contributed by atoms with Crippen LogP contribution in [0.4, 0.5) is 0 Å². The van der Waals surface area contributed by atoms with Crippen molar-refractivity contribution in [2.24, 2.45) is 5.92 Å². The Labute approximate surface area is 155 Å². The van der Waals surface area contributed by atoms with E-state index in [1.807, 2.05) is 44.2 Å². The van der Waals surface area contributed by atoms with Gasteiger partial charge in [0, 0.05) is 38.5 Å². The predicted octanol–water partition coefficient (Wildman–Crippen LogP) is 1.50. The number of benzene rings is 1. The molecule has 1 aliphatic heterocycles. The summed E-state index contributed by atoms with van der Waals surface area (Å²) in [6.45, 7) is 5.34. The Morgan fingerprint density at radius 3 is 2.69 bits per heavy atom. The molecule has 1 heterocycles. The second kappa shape index (κ2) is 9.94. The van der Waals surface area contributed by atoms with Gasteiger partial charge >= 0.3 is 0 Å². The van der Waals surface area contributed by atoms with Gasteiger partial charge in [-0.25, -0.2) is 0 Å². The molecule has 2 rings (SSSR count). The molecule has 6 nitrogen and oxygen atoms in total. The molecule has 142 valence electrons. The fraction of sp³-hybridized carbons (Fsp3) is 0.550. The monoisotopic (exact) mass is 359 g/mol. The van der Waals surface area contributed by atoms with Crippen LogP contribution in [0.3, 0.4) is 0 Å². The third-order valence-electron chi connectivity index (χ3n) is 4.77. The average molecular weight is 359 g/mol. The molecule has 3 amide bonds. The number of hydrogen-bond acceptors (Lipinski definition) is 3. The lowest BCUT2D eigenvalue weighted by atomic mass is 10.1. The highest BCUT2D eigenvalue weighted by Crippen LogP contribution is 2.18. The van der Waals surface area contributed by atoms with Gasteiger partial charge in [-0.2, -0.15) is 0 Å². The first-order chi connectivity index (χ1) is 12.5. The molecule has 1 saturated heterocycles. The van der Waals surface area contributed by atoms with E-state index >= 15 is 0 Å². The number of nitrogens with zero attached hydrogens (tertiary/aromatic N) is 1. The van der Waals surface area contributed by atoms with E-state index in [9.17, 15) is 14.4 Å². The highest BCUT2D eigenvalue weighted by atomic mass is 16.2. The van der Waals surface area contributed by atoms with Gasteiger partial charge in [0.25, 0.3) is 0 Å². The molecule has 0 saturated carbocycles. The Morgan fingerprint density at radius 1 is 1.27 bits per heavy atom. The van der Waals surface area contributed by atoms with E-state index in [4.69, 9.17) is 0 Å². The SMILES string of the molecule is CCC(C)NC(=O)CCNC(=O)C1CC(=O)N(CCc2ccccc2)C1. The third-order valence-corrected chi connectivity index (χ3v) is 4.77. The topological polar surface area (TPSA) is 78.5 Å². The summed E-state index contributed by atoms with van der Waals surface area (Å²) in [6.07, 6.45) is 2.17. The summed E-state index contributed by atoms with van der Waals surface area (Å²) in [7, 11) is 0. The van der Waals surface area contributed by atoms with Crippen molar-refractivity contribution in [2.75, 3.05) is 19.6 Å². The number of nitrogens with one attached hydrogen (secondary N) is 2. The van der Waals surface area contributed by atoms with Crippen LogP contribution in [-0.4, -0.2) is 48.3 Å². The smallest absolute Gasteiger partial charge is 0.225 e. The molecule has 0 spiro atoms. The van der Waals surface area contributed by atoms with Crippen molar-refractivity contribution in [2.45, 2.75) is 45.6 Å². The summed E-state index contributed by atoms with van der Waals surface area (Å²) in [4.78, 5) is 37.8. The standard InChI is InChI=1S/C20H29N3O3/c1-3-15(2)22-18(24)9-11-21-20(26)17-13-19(25)23(14-17)12-10-16-7-5-4-6-8-16/h4-8,15,17H,3,9-14H2,1-2H3,(H,21,26)(H,22,24). The highest BCUT2D eigenvalue weighted by Gasteiger charge is 2.33. The lowest BCUT2D eigenvalue weighted by Gasteiger charge is -2.16. The van der Waals surface area contributed by atoms with Crippen molar-refractivity contribution in [3.8, 4) is 0 Å².